The summed E-state index contributed by atoms with van der Waals surface area (Å²) in [4.78, 5) is 0. The molecule has 0 saturated carbocycles. The van der Waals surface area contributed by atoms with Crippen molar-refractivity contribution in [2.45, 2.75) is 6.54 Å². The normalized spacial score (nSPS) is 9.90. The van der Waals surface area contributed by atoms with Crippen molar-refractivity contribution in [1.82, 2.24) is 0 Å². The second-order valence-electron chi connectivity index (χ2n) is 4.16. The highest BCUT2D eigenvalue weighted by Crippen LogP contribution is 2.26. The van der Waals surface area contributed by atoms with Crippen LogP contribution in [0, 0.1) is 17.1 Å². The van der Waals surface area contributed by atoms with Crippen molar-refractivity contribution in [2.75, 3.05) is 12.4 Å². The van der Waals surface area contributed by atoms with Gasteiger partial charge in [-0.2, -0.15) is 5.26 Å². The van der Waals surface area contributed by atoms with Crippen molar-refractivity contribution in [2.24, 2.45) is 0 Å². The minimum absolute atomic E-state index is 0.355. The molecule has 0 atom stereocenters. The number of anilines is 1. The van der Waals surface area contributed by atoms with Crippen LogP contribution in [0.5, 0.6) is 5.75 Å². The summed E-state index contributed by atoms with van der Waals surface area (Å²) >= 11 is 5.80. The lowest BCUT2D eigenvalue weighted by molar-refractivity contribution is 0.416. The molecule has 0 bridgehead atoms. The predicted molar refractivity (Wildman–Crippen MR) is 76.4 cm³/mol. The third-order valence-electron chi connectivity index (χ3n) is 2.74. The van der Waals surface area contributed by atoms with Gasteiger partial charge in [0.1, 0.15) is 11.6 Å². The van der Waals surface area contributed by atoms with E-state index in [1.807, 2.05) is 6.07 Å². The molecule has 0 amide bonds. The Labute approximate surface area is 121 Å². The van der Waals surface area contributed by atoms with Crippen LogP contribution in [-0.2, 0) is 6.54 Å². The van der Waals surface area contributed by atoms with Gasteiger partial charge in [-0.1, -0.05) is 11.6 Å². The molecule has 0 heterocycles. The van der Waals surface area contributed by atoms with Gasteiger partial charge in [-0.05, 0) is 35.9 Å². The number of methoxy groups -OCH3 is 1. The van der Waals surface area contributed by atoms with Crippen LogP contribution in [0.15, 0.2) is 36.4 Å². The molecule has 5 heteroatoms. The average Bonchev–Trinajstić information content (AvgIpc) is 2.44. The van der Waals surface area contributed by atoms with Crippen LogP contribution < -0.4 is 10.1 Å². The van der Waals surface area contributed by atoms with Crippen molar-refractivity contribution in [3.63, 3.8) is 0 Å². The van der Waals surface area contributed by atoms with Gasteiger partial charge in [0, 0.05) is 17.6 Å². The summed E-state index contributed by atoms with van der Waals surface area (Å²) in [5.74, 6) is 0.188. The topological polar surface area (TPSA) is 45.0 Å². The Balaban J connectivity index is 2.16. The number of hydrogen-bond acceptors (Lipinski definition) is 3. The zero-order chi connectivity index (χ0) is 14.5. The van der Waals surface area contributed by atoms with Crippen LogP contribution in [0.3, 0.4) is 0 Å². The summed E-state index contributed by atoms with van der Waals surface area (Å²) in [7, 11) is 1.53. The third-order valence-corrected chi connectivity index (χ3v) is 2.95. The summed E-state index contributed by atoms with van der Waals surface area (Å²) in [5, 5.41) is 12.3. The van der Waals surface area contributed by atoms with Gasteiger partial charge in [0.15, 0.2) is 0 Å². The maximum atomic E-state index is 13.2. The highest BCUT2D eigenvalue weighted by molar-refractivity contribution is 6.30. The van der Waals surface area contributed by atoms with E-state index in [1.54, 1.807) is 24.3 Å². The first-order chi connectivity index (χ1) is 9.62. The monoisotopic (exact) mass is 290 g/mol. The Morgan fingerprint density at radius 3 is 2.75 bits per heavy atom. The number of ether oxygens (including phenoxy) is 1. The van der Waals surface area contributed by atoms with Crippen molar-refractivity contribution < 1.29 is 9.13 Å². The van der Waals surface area contributed by atoms with E-state index in [9.17, 15) is 4.39 Å². The molecule has 0 saturated heterocycles. The molecule has 2 aromatic rings. The van der Waals surface area contributed by atoms with Crippen molar-refractivity contribution in [1.29, 1.82) is 5.26 Å². The van der Waals surface area contributed by atoms with Gasteiger partial charge in [0.2, 0.25) is 0 Å². The Morgan fingerprint density at radius 2 is 2.10 bits per heavy atom. The third kappa shape index (κ3) is 3.40. The Hall–Kier alpha value is -2.25. The Kier molecular flexibility index (Phi) is 4.44. The number of halogens is 2. The molecular weight excluding hydrogens is 279 g/mol. The second-order valence-corrected chi connectivity index (χ2v) is 4.59. The van der Waals surface area contributed by atoms with Gasteiger partial charge in [-0.25, -0.2) is 4.39 Å². The van der Waals surface area contributed by atoms with E-state index in [4.69, 9.17) is 21.6 Å². The summed E-state index contributed by atoms with van der Waals surface area (Å²) < 4.78 is 18.4. The lowest BCUT2D eigenvalue weighted by Gasteiger charge is -2.11. The van der Waals surface area contributed by atoms with Crippen LogP contribution in [-0.4, -0.2) is 7.11 Å². The molecule has 1 N–H and O–H groups in total. The van der Waals surface area contributed by atoms with Crippen molar-refractivity contribution >= 4 is 17.3 Å². The number of nitriles is 1. The lowest BCUT2D eigenvalue weighted by atomic mass is 10.2. The van der Waals surface area contributed by atoms with Gasteiger partial charge < -0.3 is 10.1 Å². The first kappa shape index (κ1) is 14.2. The van der Waals surface area contributed by atoms with Gasteiger partial charge in [0.05, 0.1) is 24.4 Å². The Bertz CT molecular complexity index is 647. The minimum Gasteiger partial charge on any atom is -0.495 e. The standard InChI is InChI=1S/C15H12ClFN2O/c1-20-15-6-10(8-18)2-3-14(15)19-9-11-4-12(16)7-13(17)5-11/h2-7,19H,9H2,1H3. The van der Waals surface area contributed by atoms with Crippen molar-refractivity contribution in [3.8, 4) is 11.8 Å². The number of nitrogens with zero attached hydrogens (tertiary/aromatic N) is 1. The SMILES string of the molecule is COc1cc(C#N)ccc1NCc1cc(F)cc(Cl)c1. The molecular formula is C15H12ClFN2O. The maximum absolute atomic E-state index is 13.2. The summed E-state index contributed by atoms with van der Waals surface area (Å²) in [6, 6.07) is 11.5. The number of rotatable bonds is 4. The molecule has 0 aliphatic heterocycles. The second kappa shape index (κ2) is 6.27. The number of nitrogens with one attached hydrogen (secondary N) is 1. The molecule has 0 aliphatic rings. The van der Waals surface area contributed by atoms with Crippen LogP contribution in [0.1, 0.15) is 11.1 Å². The van der Waals surface area contributed by atoms with Gasteiger partial charge >= 0.3 is 0 Å². The lowest BCUT2D eigenvalue weighted by Crippen LogP contribution is -2.02. The van der Waals surface area contributed by atoms with Crippen LogP contribution >= 0.6 is 11.6 Å². The molecule has 0 spiro atoms. The quantitative estimate of drug-likeness (QED) is 0.926. The number of hydrogen-bond donors (Lipinski definition) is 1. The summed E-state index contributed by atoms with van der Waals surface area (Å²) in [5.41, 5.74) is 1.97. The molecule has 3 nitrogen and oxygen atoms in total. The summed E-state index contributed by atoms with van der Waals surface area (Å²) in [6.07, 6.45) is 0. The van der Waals surface area contributed by atoms with Gasteiger partial charge in [0.25, 0.3) is 0 Å². The minimum atomic E-state index is -0.374. The molecule has 0 fully saturated rings. The fourth-order valence-electron chi connectivity index (χ4n) is 1.82. The zero-order valence-electron chi connectivity index (χ0n) is 10.8. The maximum Gasteiger partial charge on any atom is 0.143 e. The first-order valence-electron chi connectivity index (χ1n) is 5.89. The van der Waals surface area contributed by atoms with E-state index in [0.29, 0.717) is 22.9 Å². The highest BCUT2D eigenvalue weighted by Gasteiger charge is 2.05. The van der Waals surface area contributed by atoms with Gasteiger partial charge in [-0.15, -0.1) is 0 Å². The molecule has 0 radical (unpaired) electrons. The smallest absolute Gasteiger partial charge is 0.143 e. The fourth-order valence-corrected chi connectivity index (χ4v) is 2.06. The molecule has 20 heavy (non-hydrogen) atoms. The molecule has 0 aliphatic carbocycles. The molecule has 2 rings (SSSR count). The molecule has 102 valence electrons. The van der Waals surface area contributed by atoms with Crippen LogP contribution in [0.2, 0.25) is 5.02 Å². The van der Waals surface area contributed by atoms with E-state index >= 15 is 0 Å². The van der Waals surface area contributed by atoms with E-state index in [1.165, 1.54) is 19.2 Å². The zero-order valence-corrected chi connectivity index (χ0v) is 11.5. The largest absolute Gasteiger partial charge is 0.495 e. The van der Waals surface area contributed by atoms with Gasteiger partial charge in [-0.3, -0.25) is 0 Å². The molecule has 0 unspecified atom stereocenters. The summed E-state index contributed by atoms with van der Waals surface area (Å²) in [6.45, 7) is 0.403. The van der Waals surface area contributed by atoms with Crippen molar-refractivity contribution in [3.05, 3.63) is 58.4 Å². The Morgan fingerprint density at radius 1 is 1.30 bits per heavy atom. The van der Waals surface area contributed by atoms with E-state index < -0.39 is 0 Å². The molecule has 0 aromatic heterocycles. The molecule has 2 aromatic carbocycles. The highest BCUT2D eigenvalue weighted by atomic mass is 35.5. The average molecular weight is 291 g/mol. The van der Waals surface area contributed by atoms with E-state index in [-0.39, 0.29) is 5.82 Å². The fraction of sp³-hybridized carbons (Fsp3) is 0.133. The van der Waals surface area contributed by atoms with Crippen LogP contribution in [0.25, 0.3) is 0 Å². The predicted octanol–water partition coefficient (Wildman–Crippen LogP) is 3.97. The number of benzene rings is 2. The van der Waals surface area contributed by atoms with E-state index in [0.717, 1.165) is 11.3 Å². The first-order valence-corrected chi connectivity index (χ1v) is 6.27. The van der Waals surface area contributed by atoms with E-state index in [2.05, 4.69) is 5.32 Å². The van der Waals surface area contributed by atoms with Crippen LogP contribution in [0.4, 0.5) is 10.1 Å².